The average Bonchev–Trinajstić information content (AvgIpc) is 3.01. The van der Waals surface area contributed by atoms with Gasteiger partial charge in [0.05, 0.1) is 11.7 Å². The Morgan fingerprint density at radius 1 is 0.958 bits per heavy atom. The lowest BCUT2D eigenvalue weighted by Crippen LogP contribution is -1.94. The summed E-state index contributed by atoms with van der Waals surface area (Å²) in [4.78, 5) is 4.61. The molecule has 0 bridgehead atoms. The molecule has 0 aliphatic rings. The van der Waals surface area contributed by atoms with Crippen molar-refractivity contribution < 1.29 is 0 Å². The van der Waals surface area contributed by atoms with Crippen molar-refractivity contribution in [3.05, 3.63) is 72.2 Å². The summed E-state index contributed by atoms with van der Waals surface area (Å²) in [5, 5.41) is 5.55. The van der Waals surface area contributed by atoms with Gasteiger partial charge in [-0.1, -0.05) is 30.3 Å². The predicted molar refractivity (Wildman–Crippen MR) is 98.9 cm³/mol. The lowest BCUT2D eigenvalue weighted by Gasteiger charge is -2.15. The van der Waals surface area contributed by atoms with Gasteiger partial charge in [-0.15, -0.1) is 0 Å². The summed E-state index contributed by atoms with van der Waals surface area (Å²) in [6.45, 7) is 4.33. The minimum Gasteiger partial charge on any atom is -0.275 e. The number of hydrogen-bond donors (Lipinski definition) is 0. The van der Waals surface area contributed by atoms with Crippen LogP contribution in [0.15, 0.2) is 61.1 Å². The van der Waals surface area contributed by atoms with Gasteiger partial charge in [0.25, 0.3) is 0 Å². The number of nitrogens with zero attached hydrogens (tertiary/aromatic N) is 3. The molecule has 0 saturated heterocycles. The zero-order valence-corrected chi connectivity index (χ0v) is 14.1. The summed E-state index contributed by atoms with van der Waals surface area (Å²) in [7, 11) is 1.95. The second-order valence-corrected chi connectivity index (χ2v) is 6.21. The Bertz CT molecular complexity index is 1030. The summed E-state index contributed by atoms with van der Waals surface area (Å²) < 4.78 is 1.85. The monoisotopic (exact) mass is 313 g/mol. The summed E-state index contributed by atoms with van der Waals surface area (Å²) in [5.41, 5.74) is 8.37. The normalized spacial score (nSPS) is 11.1. The predicted octanol–water partition coefficient (Wildman–Crippen LogP) is 4.92. The maximum atomic E-state index is 4.61. The quantitative estimate of drug-likeness (QED) is 0.526. The van der Waals surface area contributed by atoms with Crippen molar-refractivity contribution in [2.45, 2.75) is 13.8 Å². The minimum atomic E-state index is 1.04. The van der Waals surface area contributed by atoms with Crippen LogP contribution in [-0.4, -0.2) is 14.8 Å². The Morgan fingerprint density at radius 2 is 1.75 bits per heavy atom. The Balaban J connectivity index is 2.07. The van der Waals surface area contributed by atoms with Crippen LogP contribution in [0.2, 0.25) is 0 Å². The molecule has 118 valence electrons. The number of pyridine rings is 1. The zero-order chi connectivity index (χ0) is 16.7. The molecule has 3 heteroatoms. The molecule has 4 aromatic rings. The third-order valence-electron chi connectivity index (χ3n) is 4.56. The molecule has 4 rings (SSSR count). The van der Waals surface area contributed by atoms with Gasteiger partial charge >= 0.3 is 0 Å². The maximum Gasteiger partial charge on any atom is 0.0713 e. The van der Waals surface area contributed by atoms with Crippen LogP contribution >= 0.6 is 0 Å². The lowest BCUT2D eigenvalue weighted by molar-refractivity contribution is 0.768. The topological polar surface area (TPSA) is 30.7 Å². The highest BCUT2D eigenvalue weighted by Crippen LogP contribution is 2.37. The SMILES string of the molecule is Cc1cc2nccc(-c3ccccc3)c2c(C)c1-c1cnn(C)c1. The van der Waals surface area contributed by atoms with Crippen molar-refractivity contribution in [2.75, 3.05) is 0 Å². The van der Waals surface area contributed by atoms with Gasteiger partial charge in [-0.25, -0.2) is 0 Å². The molecule has 0 radical (unpaired) electrons. The zero-order valence-electron chi connectivity index (χ0n) is 14.1. The van der Waals surface area contributed by atoms with Crippen LogP contribution in [-0.2, 0) is 7.05 Å². The molecule has 0 spiro atoms. The second-order valence-electron chi connectivity index (χ2n) is 6.21. The first-order valence-electron chi connectivity index (χ1n) is 8.08. The maximum absolute atomic E-state index is 4.61. The van der Waals surface area contributed by atoms with E-state index in [0.717, 1.165) is 11.1 Å². The lowest BCUT2D eigenvalue weighted by atomic mass is 9.90. The average molecular weight is 313 g/mol. The van der Waals surface area contributed by atoms with Gasteiger partial charge in [-0.05, 0) is 53.8 Å². The van der Waals surface area contributed by atoms with Crippen molar-refractivity contribution in [2.24, 2.45) is 7.05 Å². The number of aryl methyl sites for hydroxylation is 3. The molecular formula is C21H19N3. The Labute approximate surface area is 141 Å². The van der Waals surface area contributed by atoms with Crippen LogP contribution in [0, 0.1) is 13.8 Å². The van der Waals surface area contributed by atoms with Crippen molar-refractivity contribution in [1.82, 2.24) is 14.8 Å². The Hall–Kier alpha value is -2.94. The molecular weight excluding hydrogens is 294 g/mol. The van der Waals surface area contributed by atoms with Crippen LogP contribution in [0.3, 0.4) is 0 Å². The molecule has 0 saturated carbocycles. The first-order valence-corrected chi connectivity index (χ1v) is 8.08. The molecule has 0 unspecified atom stereocenters. The van der Waals surface area contributed by atoms with Crippen molar-refractivity contribution in [3.8, 4) is 22.3 Å². The van der Waals surface area contributed by atoms with E-state index in [1.165, 1.54) is 33.2 Å². The van der Waals surface area contributed by atoms with Crippen LogP contribution in [0.4, 0.5) is 0 Å². The molecule has 3 nitrogen and oxygen atoms in total. The van der Waals surface area contributed by atoms with E-state index in [1.54, 1.807) is 0 Å². The highest BCUT2D eigenvalue weighted by Gasteiger charge is 2.15. The van der Waals surface area contributed by atoms with E-state index in [0.29, 0.717) is 0 Å². The van der Waals surface area contributed by atoms with E-state index in [1.807, 2.05) is 30.2 Å². The molecule has 2 aromatic carbocycles. The van der Waals surface area contributed by atoms with Gasteiger partial charge in [0, 0.05) is 30.4 Å². The van der Waals surface area contributed by atoms with Gasteiger partial charge in [0.2, 0.25) is 0 Å². The molecule has 0 atom stereocenters. The number of fused-ring (bicyclic) bond motifs is 1. The summed E-state index contributed by atoms with van der Waals surface area (Å²) >= 11 is 0. The highest BCUT2D eigenvalue weighted by atomic mass is 15.2. The van der Waals surface area contributed by atoms with Crippen molar-refractivity contribution in [1.29, 1.82) is 0 Å². The molecule has 0 fully saturated rings. The number of benzene rings is 2. The van der Waals surface area contributed by atoms with Gasteiger partial charge in [-0.3, -0.25) is 9.67 Å². The van der Waals surface area contributed by atoms with Crippen LogP contribution in [0.25, 0.3) is 33.2 Å². The third-order valence-corrected chi connectivity index (χ3v) is 4.56. The molecule has 0 N–H and O–H groups in total. The fourth-order valence-corrected chi connectivity index (χ4v) is 3.53. The fraction of sp³-hybridized carbons (Fsp3) is 0.143. The molecule has 2 heterocycles. The van der Waals surface area contributed by atoms with Crippen molar-refractivity contribution in [3.63, 3.8) is 0 Å². The molecule has 0 aliphatic heterocycles. The van der Waals surface area contributed by atoms with Crippen LogP contribution in [0.1, 0.15) is 11.1 Å². The summed E-state index contributed by atoms with van der Waals surface area (Å²) in [5.74, 6) is 0. The van der Waals surface area contributed by atoms with Gasteiger partial charge in [-0.2, -0.15) is 5.10 Å². The van der Waals surface area contributed by atoms with E-state index in [9.17, 15) is 0 Å². The molecule has 0 aliphatic carbocycles. The standard InChI is InChI=1S/C21H19N3/c1-14-11-19-21(15(2)20(14)17-12-23-24(3)13-17)18(9-10-22-19)16-7-5-4-6-8-16/h4-13H,1-3H3. The molecule has 0 amide bonds. The van der Waals surface area contributed by atoms with E-state index < -0.39 is 0 Å². The second kappa shape index (κ2) is 5.60. The van der Waals surface area contributed by atoms with E-state index in [2.05, 4.69) is 66.5 Å². The van der Waals surface area contributed by atoms with Gasteiger partial charge in [0.1, 0.15) is 0 Å². The van der Waals surface area contributed by atoms with Crippen molar-refractivity contribution >= 4 is 10.9 Å². The number of hydrogen-bond acceptors (Lipinski definition) is 2. The fourth-order valence-electron chi connectivity index (χ4n) is 3.53. The number of rotatable bonds is 2. The molecule has 2 aromatic heterocycles. The first-order chi connectivity index (χ1) is 11.6. The van der Waals surface area contributed by atoms with E-state index in [-0.39, 0.29) is 0 Å². The van der Waals surface area contributed by atoms with Crippen LogP contribution in [0.5, 0.6) is 0 Å². The smallest absolute Gasteiger partial charge is 0.0713 e. The Morgan fingerprint density at radius 3 is 2.46 bits per heavy atom. The summed E-state index contributed by atoms with van der Waals surface area (Å²) in [6.07, 6.45) is 5.90. The Kier molecular flexibility index (Phi) is 3.42. The van der Waals surface area contributed by atoms with Gasteiger partial charge < -0.3 is 0 Å². The highest BCUT2D eigenvalue weighted by molar-refractivity contribution is 6.00. The van der Waals surface area contributed by atoms with Crippen LogP contribution < -0.4 is 0 Å². The van der Waals surface area contributed by atoms with E-state index in [4.69, 9.17) is 0 Å². The largest absolute Gasteiger partial charge is 0.275 e. The molecule has 24 heavy (non-hydrogen) atoms. The third kappa shape index (κ3) is 2.29. The number of aromatic nitrogens is 3. The van der Waals surface area contributed by atoms with E-state index >= 15 is 0 Å². The van der Waals surface area contributed by atoms with Gasteiger partial charge in [0.15, 0.2) is 0 Å². The summed E-state index contributed by atoms with van der Waals surface area (Å²) in [6, 6.07) is 14.8. The first kappa shape index (κ1) is 14.6. The minimum absolute atomic E-state index is 1.04.